The quantitative estimate of drug-likeness (QED) is 0.431. The maximum atomic E-state index is 5.47. The molecule has 1 N–H and O–H groups in total. The second-order valence-electron chi connectivity index (χ2n) is 3.86. The minimum atomic E-state index is 0.600. The van der Waals surface area contributed by atoms with Crippen LogP contribution in [-0.4, -0.2) is 25.8 Å². The molecule has 0 saturated heterocycles. The predicted molar refractivity (Wildman–Crippen MR) is 62.6 cm³/mol. The van der Waals surface area contributed by atoms with E-state index >= 15 is 0 Å². The molecule has 0 radical (unpaired) electrons. The van der Waals surface area contributed by atoms with E-state index in [9.17, 15) is 0 Å². The average molecular weight is 199 g/mol. The van der Waals surface area contributed by atoms with Crippen LogP contribution in [0.4, 0.5) is 0 Å². The van der Waals surface area contributed by atoms with Crippen LogP contribution in [-0.2, 0) is 4.74 Å². The van der Waals surface area contributed by atoms with Gasteiger partial charge in [-0.15, -0.1) is 6.58 Å². The first-order chi connectivity index (χ1) is 6.77. The fraction of sp³-hybridized carbons (Fsp3) is 0.833. The van der Waals surface area contributed by atoms with Gasteiger partial charge in [-0.25, -0.2) is 0 Å². The van der Waals surface area contributed by atoms with Crippen LogP contribution in [0.5, 0.6) is 0 Å². The average Bonchev–Trinajstić information content (AvgIpc) is 2.15. The highest BCUT2D eigenvalue weighted by Crippen LogP contribution is 1.93. The Kier molecular flexibility index (Phi) is 10.5. The lowest BCUT2D eigenvalue weighted by molar-refractivity contribution is 0.128. The Labute approximate surface area is 88.7 Å². The van der Waals surface area contributed by atoms with Gasteiger partial charge in [-0.3, -0.25) is 0 Å². The normalized spacial score (nSPS) is 10.8. The first-order valence-corrected chi connectivity index (χ1v) is 5.69. The van der Waals surface area contributed by atoms with E-state index in [0.29, 0.717) is 6.04 Å². The van der Waals surface area contributed by atoms with Gasteiger partial charge in [0.25, 0.3) is 0 Å². The van der Waals surface area contributed by atoms with Crippen LogP contribution in [0.15, 0.2) is 12.7 Å². The zero-order chi connectivity index (χ0) is 10.6. The fourth-order valence-corrected chi connectivity index (χ4v) is 1.15. The standard InChI is InChI=1S/C12H25NO/c1-4-5-7-10-14-11-8-6-9-13-12(2)3/h4,12-13H,1,5-11H2,2-3H3. The number of hydrogen-bond donors (Lipinski definition) is 1. The van der Waals surface area contributed by atoms with E-state index in [2.05, 4.69) is 25.7 Å². The van der Waals surface area contributed by atoms with E-state index in [4.69, 9.17) is 4.74 Å². The van der Waals surface area contributed by atoms with E-state index in [0.717, 1.165) is 39.0 Å². The Morgan fingerprint density at radius 3 is 2.57 bits per heavy atom. The van der Waals surface area contributed by atoms with Gasteiger partial charge >= 0.3 is 0 Å². The monoisotopic (exact) mass is 199 g/mol. The smallest absolute Gasteiger partial charge is 0.0468 e. The fourth-order valence-electron chi connectivity index (χ4n) is 1.15. The molecule has 0 aliphatic rings. The van der Waals surface area contributed by atoms with E-state index in [1.54, 1.807) is 0 Å². The van der Waals surface area contributed by atoms with Gasteiger partial charge in [0.05, 0.1) is 0 Å². The van der Waals surface area contributed by atoms with Gasteiger partial charge < -0.3 is 10.1 Å². The highest BCUT2D eigenvalue weighted by atomic mass is 16.5. The summed E-state index contributed by atoms with van der Waals surface area (Å²) in [7, 11) is 0. The maximum Gasteiger partial charge on any atom is 0.0468 e. The van der Waals surface area contributed by atoms with Crippen molar-refractivity contribution in [2.24, 2.45) is 0 Å². The van der Waals surface area contributed by atoms with Crippen LogP contribution in [0.3, 0.4) is 0 Å². The number of ether oxygens (including phenoxy) is 1. The second-order valence-corrected chi connectivity index (χ2v) is 3.86. The van der Waals surface area contributed by atoms with Crippen molar-refractivity contribution in [3.8, 4) is 0 Å². The summed E-state index contributed by atoms with van der Waals surface area (Å²) in [6.07, 6.45) is 6.48. The zero-order valence-corrected chi connectivity index (χ0v) is 9.72. The van der Waals surface area contributed by atoms with Crippen LogP contribution in [0.2, 0.25) is 0 Å². The molecule has 0 heterocycles. The summed E-state index contributed by atoms with van der Waals surface area (Å²) in [4.78, 5) is 0. The van der Waals surface area contributed by atoms with E-state index in [1.165, 1.54) is 6.42 Å². The van der Waals surface area contributed by atoms with Crippen LogP contribution in [0.25, 0.3) is 0 Å². The summed E-state index contributed by atoms with van der Waals surface area (Å²) in [5.41, 5.74) is 0. The zero-order valence-electron chi connectivity index (χ0n) is 9.72. The van der Waals surface area contributed by atoms with Gasteiger partial charge in [0.2, 0.25) is 0 Å². The summed E-state index contributed by atoms with van der Waals surface area (Å²) in [6.45, 7) is 10.9. The summed E-state index contributed by atoms with van der Waals surface area (Å²) in [6, 6.07) is 0.600. The molecule has 0 spiro atoms. The third-order valence-electron chi connectivity index (χ3n) is 1.96. The molecule has 0 aromatic heterocycles. The summed E-state index contributed by atoms with van der Waals surface area (Å²) >= 11 is 0. The molecule has 0 rings (SSSR count). The summed E-state index contributed by atoms with van der Waals surface area (Å²) in [5.74, 6) is 0. The highest BCUT2D eigenvalue weighted by Gasteiger charge is 1.92. The number of nitrogens with one attached hydrogen (secondary N) is 1. The van der Waals surface area contributed by atoms with Gasteiger partial charge in [-0.1, -0.05) is 19.9 Å². The Hall–Kier alpha value is -0.340. The molecule has 0 fully saturated rings. The minimum Gasteiger partial charge on any atom is -0.381 e. The molecule has 0 atom stereocenters. The molecule has 0 aromatic rings. The number of hydrogen-bond acceptors (Lipinski definition) is 2. The third kappa shape index (κ3) is 11.7. The van der Waals surface area contributed by atoms with Crippen molar-refractivity contribution in [3.05, 3.63) is 12.7 Å². The highest BCUT2D eigenvalue weighted by molar-refractivity contribution is 4.64. The molecule has 2 heteroatoms. The molecule has 14 heavy (non-hydrogen) atoms. The summed E-state index contributed by atoms with van der Waals surface area (Å²) < 4.78 is 5.47. The van der Waals surface area contributed by atoms with Crippen LogP contribution in [0.1, 0.15) is 39.5 Å². The van der Waals surface area contributed by atoms with Crippen molar-refractivity contribution in [3.63, 3.8) is 0 Å². The molecular weight excluding hydrogens is 174 g/mol. The largest absolute Gasteiger partial charge is 0.381 e. The van der Waals surface area contributed by atoms with Crippen LogP contribution < -0.4 is 5.32 Å². The van der Waals surface area contributed by atoms with Crippen molar-refractivity contribution in [2.45, 2.75) is 45.6 Å². The first-order valence-electron chi connectivity index (χ1n) is 5.69. The second kappa shape index (κ2) is 10.7. The van der Waals surface area contributed by atoms with Crippen LogP contribution in [0, 0.1) is 0 Å². The van der Waals surface area contributed by atoms with Crippen molar-refractivity contribution in [1.82, 2.24) is 5.32 Å². The molecule has 0 aliphatic carbocycles. The van der Waals surface area contributed by atoms with Crippen molar-refractivity contribution in [1.29, 1.82) is 0 Å². The van der Waals surface area contributed by atoms with E-state index in [-0.39, 0.29) is 0 Å². The maximum absolute atomic E-state index is 5.47. The van der Waals surface area contributed by atoms with Crippen LogP contribution >= 0.6 is 0 Å². The number of rotatable bonds is 10. The lowest BCUT2D eigenvalue weighted by Crippen LogP contribution is -2.23. The molecular formula is C12H25NO. The van der Waals surface area contributed by atoms with Crippen molar-refractivity contribution in [2.75, 3.05) is 19.8 Å². The van der Waals surface area contributed by atoms with E-state index < -0.39 is 0 Å². The molecule has 0 aromatic carbocycles. The lowest BCUT2D eigenvalue weighted by atomic mass is 10.3. The molecule has 0 bridgehead atoms. The molecule has 2 nitrogen and oxygen atoms in total. The molecule has 84 valence electrons. The summed E-state index contributed by atoms with van der Waals surface area (Å²) in [5, 5.41) is 3.39. The molecule has 0 unspecified atom stereocenters. The van der Waals surface area contributed by atoms with Gasteiger partial charge in [0.1, 0.15) is 0 Å². The molecule has 0 amide bonds. The Morgan fingerprint density at radius 2 is 1.93 bits per heavy atom. The van der Waals surface area contributed by atoms with Gasteiger partial charge in [0, 0.05) is 19.3 Å². The van der Waals surface area contributed by atoms with Crippen molar-refractivity contribution < 1.29 is 4.74 Å². The number of unbranched alkanes of at least 4 members (excludes halogenated alkanes) is 2. The topological polar surface area (TPSA) is 21.3 Å². The SMILES string of the molecule is C=CCCCOCCCCNC(C)C. The van der Waals surface area contributed by atoms with Gasteiger partial charge in [-0.05, 0) is 32.2 Å². The lowest BCUT2D eigenvalue weighted by Gasteiger charge is -2.07. The Bertz CT molecular complexity index is 123. The third-order valence-corrected chi connectivity index (χ3v) is 1.96. The van der Waals surface area contributed by atoms with E-state index in [1.807, 2.05) is 6.08 Å². The first kappa shape index (κ1) is 13.7. The minimum absolute atomic E-state index is 0.600. The van der Waals surface area contributed by atoms with Gasteiger partial charge in [0.15, 0.2) is 0 Å². The Morgan fingerprint density at radius 1 is 1.21 bits per heavy atom. The van der Waals surface area contributed by atoms with Crippen molar-refractivity contribution >= 4 is 0 Å². The molecule has 0 saturated carbocycles. The number of allylic oxidation sites excluding steroid dienone is 1. The Balaban J connectivity index is 2.88. The molecule has 0 aliphatic heterocycles. The predicted octanol–water partition coefficient (Wildman–Crippen LogP) is 2.75. The van der Waals surface area contributed by atoms with Gasteiger partial charge in [-0.2, -0.15) is 0 Å².